The van der Waals surface area contributed by atoms with Crippen LogP contribution in [0.5, 0.6) is 0 Å². The Morgan fingerprint density at radius 2 is 2.14 bits per heavy atom. The van der Waals surface area contributed by atoms with Gasteiger partial charge in [0, 0.05) is 4.88 Å². The number of rotatable bonds is 2. The number of nitrogens with two attached hydrogens (primary N) is 1. The van der Waals surface area contributed by atoms with Gasteiger partial charge in [0.1, 0.15) is 5.76 Å². The highest BCUT2D eigenvalue weighted by Gasteiger charge is 2.13. The molecule has 2 rings (SSSR count). The Kier molecular flexibility index (Phi) is 4.01. The normalized spacial score (nSPS) is 12.1. The second-order valence-electron chi connectivity index (χ2n) is 2.63. The van der Waals surface area contributed by atoms with Gasteiger partial charge in [-0.15, -0.1) is 23.7 Å². The highest BCUT2D eigenvalue weighted by Crippen LogP contribution is 2.26. The monoisotopic (exact) mass is 249 g/mol. The molecule has 0 radical (unpaired) electrons. The average molecular weight is 250 g/mol. The zero-order valence-corrected chi connectivity index (χ0v) is 9.53. The molecule has 2 N–H and O–H groups in total. The van der Waals surface area contributed by atoms with Gasteiger partial charge in [0.2, 0.25) is 0 Å². The third kappa shape index (κ3) is 2.30. The van der Waals surface area contributed by atoms with Crippen molar-refractivity contribution in [1.82, 2.24) is 0 Å². The van der Waals surface area contributed by atoms with Crippen molar-refractivity contribution < 1.29 is 4.42 Å². The summed E-state index contributed by atoms with van der Waals surface area (Å²) in [6.45, 7) is 0. The molecule has 0 saturated carbocycles. The molecule has 2 aromatic heterocycles. The fraction of sp³-hybridized carbons (Fsp3) is 0.111. The Bertz CT molecular complexity index is 385. The SMILES string of the molecule is Cl.N[C@@H](c1ccc(Cl)o1)c1cccs1. The zero-order valence-electron chi connectivity index (χ0n) is 7.14. The van der Waals surface area contributed by atoms with Crippen LogP contribution in [0.2, 0.25) is 5.22 Å². The summed E-state index contributed by atoms with van der Waals surface area (Å²) < 4.78 is 5.22. The van der Waals surface area contributed by atoms with E-state index in [0.717, 1.165) is 4.88 Å². The van der Waals surface area contributed by atoms with Gasteiger partial charge in [-0.1, -0.05) is 6.07 Å². The van der Waals surface area contributed by atoms with Gasteiger partial charge in [-0.25, -0.2) is 0 Å². The molecule has 0 aliphatic carbocycles. The molecule has 1 atom stereocenters. The van der Waals surface area contributed by atoms with Crippen molar-refractivity contribution in [2.24, 2.45) is 5.73 Å². The van der Waals surface area contributed by atoms with Gasteiger partial charge in [0.05, 0.1) is 6.04 Å². The van der Waals surface area contributed by atoms with E-state index in [1.165, 1.54) is 0 Å². The van der Waals surface area contributed by atoms with E-state index in [-0.39, 0.29) is 18.4 Å². The third-order valence-electron chi connectivity index (χ3n) is 1.75. The Morgan fingerprint density at radius 1 is 1.36 bits per heavy atom. The van der Waals surface area contributed by atoms with Crippen molar-refractivity contribution in [2.45, 2.75) is 6.04 Å². The minimum atomic E-state index is -0.201. The highest BCUT2D eigenvalue weighted by atomic mass is 35.5. The predicted octanol–water partition coefficient (Wildman–Crippen LogP) is 3.46. The summed E-state index contributed by atoms with van der Waals surface area (Å²) in [4.78, 5) is 1.08. The summed E-state index contributed by atoms with van der Waals surface area (Å²) in [5.41, 5.74) is 5.93. The molecule has 0 amide bonds. The number of hydrogen-bond donors (Lipinski definition) is 1. The molecule has 0 fully saturated rings. The van der Waals surface area contributed by atoms with Crippen molar-refractivity contribution in [1.29, 1.82) is 0 Å². The minimum absolute atomic E-state index is 0. The molecule has 2 nitrogen and oxygen atoms in total. The van der Waals surface area contributed by atoms with Crippen LogP contribution >= 0.6 is 35.3 Å². The molecule has 0 spiro atoms. The van der Waals surface area contributed by atoms with Gasteiger partial charge in [-0.3, -0.25) is 0 Å². The lowest BCUT2D eigenvalue weighted by molar-refractivity contribution is 0.493. The summed E-state index contributed by atoms with van der Waals surface area (Å²) in [6.07, 6.45) is 0. The van der Waals surface area contributed by atoms with Crippen molar-refractivity contribution in [2.75, 3.05) is 0 Å². The van der Waals surface area contributed by atoms with Crippen LogP contribution < -0.4 is 5.73 Å². The maximum Gasteiger partial charge on any atom is 0.193 e. The first kappa shape index (κ1) is 11.6. The molecule has 2 heterocycles. The van der Waals surface area contributed by atoms with E-state index < -0.39 is 0 Å². The molecular weight excluding hydrogens is 241 g/mol. The average Bonchev–Trinajstić information content (AvgIpc) is 2.72. The predicted molar refractivity (Wildman–Crippen MR) is 61.3 cm³/mol. The molecular formula is C9H9Cl2NOS. The lowest BCUT2D eigenvalue weighted by Crippen LogP contribution is -2.08. The Balaban J connectivity index is 0.000000980. The fourth-order valence-corrected chi connectivity index (χ4v) is 1.99. The molecule has 5 heteroatoms. The fourth-order valence-electron chi connectivity index (χ4n) is 1.10. The number of furan rings is 1. The van der Waals surface area contributed by atoms with Gasteiger partial charge >= 0.3 is 0 Å². The maximum absolute atomic E-state index is 5.93. The standard InChI is InChI=1S/C9H8ClNOS.ClH/c10-8-4-3-6(12-8)9(11)7-2-1-5-13-7;/h1-5,9H,11H2;1H/t9-;/m0./s1. The van der Waals surface area contributed by atoms with Crippen molar-refractivity contribution in [3.63, 3.8) is 0 Å². The second kappa shape index (κ2) is 4.84. The van der Waals surface area contributed by atoms with Gasteiger partial charge < -0.3 is 10.2 Å². The number of thiophene rings is 1. The minimum Gasteiger partial charge on any atom is -0.448 e. The van der Waals surface area contributed by atoms with Gasteiger partial charge in [0.15, 0.2) is 5.22 Å². The van der Waals surface area contributed by atoms with Crippen LogP contribution in [0.3, 0.4) is 0 Å². The lowest BCUT2D eigenvalue weighted by Gasteiger charge is -2.04. The maximum atomic E-state index is 5.93. The van der Waals surface area contributed by atoms with Crippen LogP contribution in [0.1, 0.15) is 16.7 Å². The van der Waals surface area contributed by atoms with Crippen molar-refractivity contribution in [3.05, 3.63) is 45.5 Å². The van der Waals surface area contributed by atoms with Gasteiger partial charge in [-0.2, -0.15) is 0 Å². The topological polar surface area (TPSA) is 39.2 Å². The molecule has 0 saturated heterocycles. The molecule has 0 aromatic carbocycles. The van der Waals surface area contributed by atoms with Crippen LogP contribution in [0.25, 0.3) is 0 Å². The summed E-state index contributed by atoms with van der Waals surface area (Å²) in [5.74, 6) is 0.701. The van der Waals surface area contributed by atoms with E-state index in [1.54, 1.807) is 23.5 Å². The van der Waals surface area contributed by atoms with Crippen LogP contribution in [-0.2, 0) is 0 Å². The molecule has 76 valence electrons. The highest BCUT2D eigenvalue weighted by molar-refractivity contribution is 7.10. The zero-order chi connectivity index (χ0) is 9.26. The van der Waals surface area contributed by atoms with Crippen LogP contribution in [0.4, 0.5) is 0 Å². The summed E-state index contributed by atoms with van der Waals surface area (Å²) in [5, 5.41) is 2.36. The molecule has 0 aliphatic rings. The van der Waals surface area contributed by atoms with Crippen molar-refractivity contribution >= 4 is 35.3 Å². The van der Waals surface area contributed by atoms with Crippen LogP contribution in [0.15, 0.2) is 34.1 Å². The first-order chi connectivity index (χ1) is 6.27. The van der Waals surface area contributed by atoms with E-state index in [0.29, 0.717) is 11.0 Å². The number of halogens is 2. The first-order valence-electron chi connectivity index (χ1n) is 3.81. The Morgan fingerprint density at radius 3 is 2.64 bits per heavy atom. The Labute approximate surface area is 97.1 Å². The Hall–Kier alpha value is -0.480. The van der Waals surface area contributed by atoms with Gasteiger partial charge in [-0.05, 0) is 35.2 Å². The molecule has 0 aliphatic heterocycles. The van der Waals surface area contributed by atoms with Crippen molar-refractivity contribution in [3.8, 4) is 0 Å². The third-order valence-corrected chi connectivity index (χ3v) is 2.91. The summed E-state index contributed by atoms with van der Waals surface area (Å²) in [7, 11) is 0. The molecule has 0 unspecified atom stereocenters. The van der Waals surface area contributed by atoms with E-state index >= 15 is 0 Å². The quantitative estimate of drug-likeness (QED) is 0.886. The lowest BCUT2D eigenvalue weighted by atomic mass is 10.2. The second-order valence-corrected chi connectivity index (χ2v) is 3.99. The van der Waals surface area contributed by atoms with E-state index in [9.17, 15) is 0 Å². The first-order valence-corrected chi connectivity index (χ1v) is 5.07. The van der Waals surface area contributed by atoms with E-state index in [2.05, 4.69) is 0 Å². The van der Waals surface area contributed by atoms with Gasteiger partial charge in [0.25, 0.3) is 0 Å². The van der Waals surface area contributed by atoms with Crippen LogP contribution in [-0.4, -0.2) is 0 Å². The number of hydrogen-bond acceptors (Lipinski definition) is 3. The summed E-state index contributed by atoms with van der Waals surface area (Å²) in [6, 6.07) is 7.24. The summed E-state index contributed by atoms with van der Waals surface area (Å²) >= 11 is 7.25. The van der Waals surface area contributed by atoms with Crippen LogP contribution in [0, 0.1) is 0 Å². The molecule has 0 bridgehead atoms. The van der Waals surface area contributed by atoms with E-state index in [4.69, 9.17) is 21.8 Å². The molecule has 2 aromatic rings. The van der Waals surface area contributed by atoms with E-state index in [1.807, 2.05) is 17.5 Å². The smallest absolute Gasteiger partial charge is 0.193 e. The largest absolute Gasteiger partial charge is 0.448 e. The molecule has 14 heavy (non-hydrogen) atoms.